The van der Waals surface area contributed by atoms with Crippen molar-refractivity contribution in [2.75, 3.05) is 36.9 Å². The normalized spacial score (nSPS) is 10.3. The third kappa shape index (κ3) is 6.45. The van der Waals surface area contributed by atoms with Gasteiger partial charge in [-0.15, -0.1) is 0 Å². The van der Waals surface area contributed by atoms with Gasteiger partial charge < -0.3 is 15.4 Å². The number of pyridine rings is 1. The molecule has 0 amide bonds. The van der Waals surface area contributed by atoms with Crippen molar-refractivity contribution in [1.82, 2.24) is 4.98 Å². The molecule has 0 bridgehead atoms. The van der Waals surface area contributed by atoms with Crippen molar-refractivity contribution in [1.29, 1.82) is 0 Å². The second-order valence-corrected chi connectivity index (χ2v) is 4.25. The highest BCUT2D eigenvalue weighted by atomic mass is 16.5. The SMILES string of the molecule is CCCNc1cc(NCCCOCCC)ccn1. The van der Waals surface area contributed by atoms with E-state index in [4.69, 9.17) is 4.74 Å². The van der Waals surface area contributed by atoms with Crippen molar-refractivity contribution in [3.63, 3.8) is 0 Å². The fourth-order valence-corrected chi connectivity index (χ4v) is 1.54. The van der Waals surface area contributed by atoms with Crippen LogP contribution in [0.15, 0.2) is 18.3 Å². The van der Waals surface area contributed by atoms with Gasteiger partial charge in [-0.2, -0.15) is 0 Å². The number of ether oxygens (including phenoxy) is 1. The summed E-state index contributed by atoms with van der Waals surface area (Å²) >= 11 is 0. The number of nitrogens with zero attached hydrogens (tertiary/aromatic N) is 1. The Kier molecular flexibility index (Phi) is 7.97. The number of anilines is 2. The highest BCUT2D eigenvalue weighted by molar-refractivity contribution is 5.51. The Morgan fingerprint density at radius 3 is 2.78 bits per heavy atom. The third-order valence-corrected chi connectivity index (χ3v) is 2.46. The predicted octanol–water partition coefficient (Wildman–Crippen LogP) is 3.13. The number of hydrogen-bond donors (Lipinski definition) is 2. The second kappa shape index (κ2) is 9.71. The Hall–Kier alpha value is -1.29. The molecule has 0 radical (unpaired) electrons. The zero-order valence-corrected chi connectivity index (χ0v) is 11.5. The zero-order chi connectivity index (χ0) is 13.1. The molecule has 18 heavy (non-hydrogen) atoms. The lowest BCUT2D eigenvalue weighted by molar-refractivity contribution is 0.134. The molecule has 0 saturated heterocycles. The van der Waals surface area contributed by atoms with Crippen molar-refractivity contribution >= 4 is 11.5 Å². The number of aromatic nitrogens is 1. The third-order valence-electron chi connectivity index (χ3n) is 2.46. The number of rotatable bonds is 10. The molecular weight excluding hydrogens is 226 g/mol. The lowest BCUT2D eigenvalue weighted by atomic mass is 10.3. The van der Waals surface area contributed by atoms with Gasteiger partial charge in [0.15, 0.2) is 0 Å². The lowest BCUT2D eigenvalue weighted by Crippen LogP contribution is -2.07. The van der Waals surface area contributed by atoms with Gasteiger partial charge in [0.05, 0.1) is 0 Å². The summed E-state index contributed by atoms with van der Waals surface area (Å²) in [6, 6.07) is 4.03. The molecule has 1 heterocycles. The van der Waals surface area contributed by atoms with Crippen LogP contribution in [0.4, 0.5) is 11.5 Å². The van der Waals surface area contributed by atoms with Gasteiger partial charge in [0.2, 0.25) is 0 Å². The molecule has 4 heteroatoms. The van der Waals surface area contributed by atoms with Crippen LogP contribution in [0.1, 0.15) is 33.1 Å². The van der Waals surface area contributed by atoms with Crippen molar-refractivity contribution < 1.29 is 4.74 Å². The van der Waals surface area contributed by atoms with Crippen molar-refractivity contribution in [2.24, 2.45) is 0 Å². The van der Waals surface area contributed by atoms with Crippen molar-refractivity contribution in [3.8, 4) is 0 Å². The first-order valence-corrected chi connectivity index (χ1v) is 6.88. The van der Waals surface area contributed by atoms with Crippen LogP contribution in [0.25, 0.3) is 0 Å². The Labute approximate surface area is 110 Å². The number of hydrogen-bond acceptors (Lipinski definition) is 4. The Bertz CT molecular complexity index is 318. The van der Waals surface area contributed by atoms with Crippen LogP contribution < -0.4 is 10.6 Å². The van der Waals surface area contributed by atoms with Crippen molar-refractivity contribution in [3.05, 3.63) is 18.3 Å². The van der Waals surface area contributed by atoms with Gasteiger partial charge in [-0.05, 0) is 25.3 Å². The lowest BCUT2D eigenvalue weighted by Gasteiger charge is -2.09. The van der Waals surface area contributed by atoms with Crippen LogP contribution in [-0.2, 0) is 4.74 Å². The first kappa shape index (κ1) is 14.8. The minimum Gasteiger partial charge on any atom is -0.385 e. The van der Waals surface area contributed by atoms with Crippen LogP contribution in [0.3, 0.4) is 0 Å². The highest BCUT2D eigenvalue weighted by Gasteiger charge is 1.96. The van der Waals surface area contributed by atoms with Gasteiger partial charge in [0, 0.05) is 44.3 Å². The molecule has 102 valence electrons. The van der Waals surface area contributed by atoms with Crippen molar-refractivity contribution in [2.45, 2.75) is 33.1 Å². The largest absolute Gasteiger partial charge is 0.385 e. The molecule has 0 spiro atoms. The summed E-state index contributed by atoms with van der Waals surface area (Å²) in [5.41, 5.74) is 1.11. The van der Waals surface area contributed by atoms with E-state index in [-0.39, 0.29) is 0 Å². The molecule has 0 fully saturated rings. The van der Waals surface area contributed by atoms with E-state index in [2.05, 4.69) is 29.5 Å². The smallest absolute Gasteiger partial charge is 0.127 e. The summed E-state index contributed by atoms with van der Waals surface area (Å²) in [4.78, 5) is 4.27. The summed E-state index contributed by atoms with van der Waals surface area (Å²) in [6.45, 7) is 7.85. The fourth-order valence-electron chi connectivity index (χ4n) is 1.54. The molecule has 1 aromatic rings. The molecule has 0 saturated carbocycles. The first-order chi connectivity index (χ1) is 8.86. The Morgan fingerprint density at radius 1 is 1.11 bits per heavy atom. The number of nitrogens with one attached hydrogen (secondary N) is 2. The highest BCUT2D eigenvalue weighted by Crippen LogP contribution is 2.11. The van der Waals surface area contributed by atoms with Crippen LogP contribution in [0.5, 0.6) is 0 Å². The van der Waals surface area contributed by atoms with E-state index in [1.165, 1.54) is 0 Å². The van der Waals surface area contributed by atoms with Crippen LogP contribution >= 0.6 is 0 Å². The van der Waals surface area contributed by atoms with E-state index in [0.717, 1.165) is 57.1 Å². The Balaban J connectivity index is 2.20. The van der Waals surface area contributed by atoms with Gasteiger partial charge in [0.1, 0.15) is 5.82 Å². The van der Waals surface area contributed by atoms with Crippen LogP contribution in [0.2, 0.25) is 0 Å². The molecule has 1 rings (SSSR count). The minimum atomic E-state index is 0.826. The van der Waals surface area contributed by atoms with E-state index < -0.39 is 0 Å². The maximum Gasteiger partial charge on any atom is 0.127 e. The quantitative estimate of drug-likeness (QED) is 0.627. The summed E-state index contributed by atoms with van der Waals surface area (Å²) < 4.78 is 5.43. The molecule has 0 aliphatic rings. The molecule has 0 aliphatic carbocycles. The van der Waals surface area contributed by atoms with E-state index in [1.54, 1.807) is 0 Å². The van der Waals surface area contributed by atoms with Gasteiger partial charge >= 0.3 is 0 Å². The average Bonchev–Trinajstić information content (AvgIpc) is 2.41. The summed E-state index contributed by atoms with van der Waals surface area (Å²) in [5, 5.41) is 6.66. The van der Waals surface area contributed by atoms with E-state index in [9.17, 15) is 0 Å². The summed E-state index contributed by atoms with van der Waals surface area (Å²) in [5.74, 6) is 0.934. The molecule has 0 aromatic carbocycles. The average molecular weight is 251 g/mol. The Morgan fingerprint density at radius 2 is 2.00 bits per heavy atom. The summed E-state index contributed by atoms with van der Waals surface area (Å²) in [7, 11) is 0. The second-order valence-electron chi connectivity index (χ2n) is 4.25. The topological polar surface area (TPSA) is 46.2 Å². The molecule has 4 nitrogen and oxygen atoms in total. The molecule has 1 aromatic heterocycles. The predicted molar refractivity (Wildman–Crippen MR) is 77.2 cm³/mol. The van der Waals surface area contributed by atoms with Gasteiger partial charge in [-0.1, -0.05) is 13.8 Å². The maximum absolute atomic E-state index is 5.43. The van der Waals surface area contributed by atoms with Crippen LogP contribution in [0, 0.1) is 0 Å². The molecule has 0 aliphatic heterocycles. The van der Waals surface area contributed by atoms with Gasteiger partial charge in [-0.25, -0.2) is 4.98 Å². The van der Waals surface area contributed by atoms with Crippen LogP contribution in [-0.4, -0.2) is 31.3 Å². The van der Waals surface area contributed by atoms with E-state index >= 15 is 0 Å². The summed E-state index contributed by atoms with van der Waals surface area (Å²) in [6.07, 6.45) is 5.05. The first-order valence-electron chi connectivity index (χ1n) is 6.88. The standard InChI is InChI=1S/C14H25N3O/c1-3-7-16-14-12-13(6-9-17-14)15-8-5-11-18-10-4-2/h6,9,12H,3-5,7-8,10-11H2,1-2H3,(H2,15,16,17). The monoisotopic (exact) mass is 251 g/mol. The molecule has 2 N–H and O–H groups in total. The molecular formula is C14H25N3O. The van der Waals surface area contributed by atoms with Gasteiger partial charge in [-0.3, -0.25) is 0 Å². The molecule has 0 unspecified atom stereocenters. The fraction of sp³-hybridized carbons (Fsp3) is 0.643. The maximum atomic E-state index is 5.43. The van der Waals surface area contributed by atoms with Gasteiger partial charge in [0.25, 0.3) is 0 Å². The zero-order valence-electron chi connectivity index (χ0n) is 11.5. The molecule has 0 atom stereocenters. The van der Waals surface area contributed by atoms with E-state index in [1.807, 2.05) is 18.3 Å². The minimum absolute atomic E-state index is 0.826. The van der Waals surface area contributed by atoms with E-state index in [0.29, 0.717) is 0 Å².